The summed E-state index contributed by atoms with van der Waals surface area (Å²) in [6.45, 7) is 0. The largest absolute Gasteiger partial charge is 0.392 e. The maximum Gasteiger partial charge on any atom is 0.0766 e. The van der Waals surface area contributed by atoms with E-state index in [0.29, 0.717) is 0 Å². The zero-order valence-electron chi connectivity index (χ0n) is 14.4. The highest BCUT2D eigenvalue weighted by atomic mass is 16.3. The quantitative estimate of drug-likeness (QED) is 0.867. The summed E-state index contributed by atoms with van der Waals surface area (Å²) in [5.74, 6) is 0.251. The van der Waals surface area contributed by atoms with Crippen LogP contribution in [0.15, 0.2) is 70.9 Å². The second-order valence-corrected chi connectivity index (χ2v) is 7.04. The van der Waals surface area contributed by atoms with Gasteiger partial charge in [0.25, 0.3) is 0 Å². The molecular formula is C22H24N2O. The summed E-state index contributed by atoms with van der Waals surface area (Å²) in [6, 6.07) is 20.5. The van der Waals surface area contributed by atoms with Crippen molar-refractivity contribution in [1.82, 2.24) is 0 Å². The molecule has 1 aliphatic heterocycles. The Bertz CT molecular complexity index is 767. The van der Waals surface area contributed by atoms with Gasteiger partial charge in [-0.3, -0.25) is 0 Å². The van der Waals surface area contributed by atoms with E-state index in [-0.39, 0.29) is 17.9 Å². The number of aliphatic hydroxyl groups is 1. The summed E-state index contributed by atoms with van der Waals surface area (Å²) >= 11 is 0. The molecule has 3 atom stereocenters. The third-order valence-electron chi connectivity index (χ3n) is 5.43. The van der Waals surface area contributed by atoms with Crippen molar-refractivity contribution in [2.24, 2.45) is 22.0 Å². The van der Waals surface area contributed by atoms with Crippen molar-refractivity contribution in [2.45, 2.75) is 38.2 Å². The molecule has 25 heavy (non-hydrogen) atoms. The van der Waals surface area contributed by atoms with Crippen LogP contribution in [-0.2, 0) is 0 Å². The maximum absolute atomic E-state index is 11.0. The Morgan fingerprint density at radius 2 is 1.24 bits per heavy atom. The van der Waals surface area contributed by atoms with E-state index in [0.717, 1.165) is 41.8 Å². The standard InChI is InChI=1S/C22H24N2O/c25-19-15-9-3-8-14-18-20(19)22(17-12-6-2-7-13-17)24-23-21(18)16-10-4-1-5-11-16/h1-2,4-7,10-13,18-20,25H,3,8-9,14-15H2. The predicted molar refractivity (Wildman–Crippen MR) is 102 cm³/mol. The van der Waals surface area contributed by atoms with E-state index < -0.39 is 0 Å². The summed E-state index contributed by atoms with van der Waals surface area (Å²) in [5.41, 5.74) is 4.18. The minimum atomic E-state index is -0.363. The molecule has 4 rings (SSSR count). The SMILES string of the molecule is OC1CCCCCC2C(c3ccccc3)=NN=C(c3ccccc3)C12. The van der Waals surface area contributed by atoms with Crippen molar-refractivity contribution in [3.8, 4) is 0 Å². The second kappa shape index (κ2) is 7.32. The second-order valence-electron chi connectivity index (χ2n) is 7.04. The number of fused-ring (bicyclic) bond motifs is 1. The van der Waals surface area contributed by atoms with Crippen molar-refractivity contribution in [3.63, 3.8) is 0 Å². The first-order valence-electron chi connectivity index (χ1n) is 9.29. The zero-order chi connectivity index (χ0) is 17.1. The lowest BCUT2D eigenvalue weighted by atomic mass is 9.71. The van der Waals surface area contributed by atoms with E-state index in [1.807, 2.05) is 36.4 Å². The molecule has 2 aliphatic rings. The molecule has 2 aromatic rings. The molecule has 128 valence electrons. The third kappa shape index (κ3) is 3.29. The van der Waals surface area contributed by atoms with Gasteiger partial charge in [-0.25, -0.2) is 0 Å². The number of hydrogen-bond acceptors (Lipinski definition) is 3. The fourth-order valence-corrected chi connectivity index (χ4v) is 4.19. The van der Waals surface area contributed by atoms with Gasteiger partial charge in [0, 0.05) is 11.8 Å². The van der Waals surface area contributed by atoms with Gasteiger partial charge in [0.1, 0.15) is 0 Å². The fourth-order valence-electron chi connectivity index (χ4n) is 4.19. The first kappa shape index (κ1) is 16.2. The number of nitrogens with zero attached hydrogens (tertiary/aromatic N) is 2. The molecule has 3 unspecified atom stereocenters. The van der Waals surface area contributed by atoms with E-state index in [1.165, 1.54) is 12.8 Å². The molecule has 3 nitrogen and oxygen atoms in total. The van der Waals surface area contributed by atoms with Gasteiger partial charge in [0.2, 0.25) is 0 Å². The van der Waals surface area contributed by atoms with Gasteiger partial charge in [-0.1, -0.05) is 79.9 Å². The molecule has 1 saturated carbocycles. The summed E-state index contributed by atoms with van der Waals surface area (Å²) < 4.78 is 0. The van der Waals surface area contributed by atoms with E-state index in [4.69, 9.17) is 0 Å². The van der Waals surface area contributed by atoms with E-state index >= 15 is 0 Å². The Kier molecular flexibility index (Phi) is 4.75. The highest BCUT2D eigenvalue weighted by Crippen LogP contribution is 2.36. The highest BCUT2D eigenvalue weighted by Gasteiger charge is 2.39. The van der Waals surface area contributed by atoms with Crippen molar-refractivity contribution >= 4 is 11.4 Å². The van der Waals surface area contributed by atoms with Crippen LogP contribution in [0.3, 0.4) is 0 Å². The summed E-state index contributed by atoms with van der Waals surface area (Å²) in [6.07, 6.45) is 4.99. The predicted octanol–water partition coefficient (Wildman–Crippen LogP) is 4.45. The highest BCUT2D eigenvalue weighted by molar-refractivity contribution is 6.11. The van der Waals surface area contributed by atoms with Gasteiger partial charge < -0.3 is 5.11 Å². The van der Waals surface area contributed by atoms with Crippen LogP contribution < -0.4 is 0 Å². The molecule has 1 heterocycles. The Balaban J connectivity index is 1.81. The molecule has 0 radical (unpaired) electrons. The Hall–Kier alpha value is -2.26. The van der Waals surface area contributed by atoms with Crippen LogP contribution in [0.1, 0.15) is 43.2 Å². The normalized spacial score (nSPS) is 26.7. The smallest absolute Gasteiger partial charge is 0.0766 e. The van der Waals surface area contributed by atoms with Crippen molar-refractivity contribution in [3.05, 3.63) is 71.8 Å². The molecule has 1 aliphatic carbocycles. The topological polar surface area (TPSA) is 45.0 Å². The Labute approximate surface area is 149 Å². The van der Waals surface area contributed by atoms with Crippen LogP contribution in [-0.4, -0.2) is 22.6 Å². The molecule has 0 aromatic heterocycles. The summed E-state index contributed by atoms with van der Waals surface area (Å²) in [4.78, 5) is 0. The van der Waals surface area contributed by atoms with Crippen LogP contribution in [0, 0.1) is 11.8 Å². The minimum Gasteiger partial charge on any atom is -0.392 e. The van der Waals surface area contributed by atoms with Crippen molar-refractivity contribution in [2.75, 3.05) is 0 Å². The molecule has 0 spiro atoms. The molecule has 1 fully saturated rings. The van der Waals surface area contributed by atoms with E-state index in [2.05, 4.69) is 34.5 Å². The molecule has 2 aromatic carbocycles. The van der Waals surface area contributed by atoms with Crippen LogP contribution in [0.2, 0.25) is 0 Å². The molecule has 1 N–H and O–H groups in total. The third-order valence-corrected chi connectivity index (χ3v) is 5.43. The van der Waals surface area contributed by atoms with Gasteiger partial charge in [-0.15, -0.1) is 0 Å². The lowest BCUT2D eigenvalue weighted by Crippen LogP contribution is -2.42. The molecule has 0 saturated heterocycles. The lowest BCUT2D eigenvalue weighted by molar-refractivity contribution is 0.101. The van der Waals surface area contributed by atoms with Crippen LogP contribution in [0.5, 0.6) is 0 Å². The zero-order valence-corrected chi connectivity index (χ0v) is 14.4. The average molecular weight is 332 g/mol. The van der Waals surface area contributed by atoms with Gasteiger partial charge >= 0.3 is 0 Å². The first-order valence-corrected chi connectivity index (χ1v) is 9.29. The van der Waals surface area contributed by atoms with E-state index in [1.54, 1.807) is 0 Å². The van der Waals surface area contributed by atoms with E-state index in [9.17, 15) is 5.11 Å². The summed E-state index contributed by atoms with van der Waals surface area (Å²) in [7, 11) is 0. The van der Waals surface area contributed by atoms with Gasteiger partial charge in [-0.05, 0) is 24.0 Å². The van der Waals surface area contributed by atoms with Gasteiger partial charge in [-0.2, -0.15) is 10.2 Å². The number of hydrogen-bond donors (Lipinski definition) is 1. The van der Waals surface area contributed by atoms with Gasteiger partial charge in [0.15, 0.2) is 0 Å². The molecule has 3 heteroatoms. The molecule has 0 amide bonds. The Morgan fingerprint density at radius 1 is 0.680 bits per heavy atom. The van der Waals surface area contributed by atoms with Crippen LogP contribution >= 0.6 is 0 Å². The van der Waals surface area contributed by atoms with Crippen LogP contribution in [0.25, 0.3) is 0 Å². The number of aliphatic hydroxyl groups excluding tert-OH is 1. The lowest BCUT2D eigenvalue weighted by Gasteiger charge is -2.36. The Morgan fingerprint density at radius 3 is 1.92 bits per heavy atom. The van der Waals surface area contributed by atoms with Crippen LogP contribution in [0.4, 0.5) is 0 Å². The molecular weight excluding hydrogens is 308 g/mol. The maximum atomic E-state index is 11.0. The molecule has 0 bridgehead atoms. The van der Waals surface area contributed by atoms with Crippen molar-refractivity contribution in [1.29, 1.82) is 0 Å². The summed E-state index contributed by atoms with van der Waals surface area (Å²) in [5, 5.41) is 20.2. The fraction of sp³-hybridized carbons (Fsp3) is 0.364. The first-order chi connectivity index (χ1) is 12.3. The number of benzene rings is 2. The number of rotatable bonds is 2. The van der Waals surface area contributed by atoms with Crippen molar-refractivity contribution < 1.29 is 5.11 Å². The average Bonchev–Trinajstić information content (AvgIpc) is 2.66. The van der Waals surface area contributed by atoms with Gasteiger partial charge in [0.05, 0.1) is 17.5 Å². The minimum absolute atomic E-state index is 0.0235. The monoisotopic (exact) mass is 332 g/mol.